The van der Waals surface area contributed by atoms with E-state index in [9.17, 15) is 20.2 Å². The summed E-state index contributed by atoms with van der Waals surface area (Å²) in [5.41, 5.74) is 3.28. The molecule has 2 fully saturated rings. The number of halogens is 1. The Hall–Kier alpha value is -2.39. The molecule has 9 heteroatoms. The number of oxime groups is 1. The molecule has 7 nitrogen and oxygen atoms in total. The van der Waals surface area contributed by atoms with Crippen molar-refractivity contribution in [1.29, 1.82) is 0 Å². The molecular formula is C26H30BrN3O4S. The largest absolute Gasteiger partial charge is 0.515 e. The van der Waals surface area contributed by atoms with Crippen LogP contribution in [-0.2, 0) is 11.2 Å². The summed E-state index contributed by atoms with van der Waals surface area (Å²) in [5.74, 6) is 0.857. The van der Waals surface area contributed by atoms with E-state index in [0.29, 0.717) is 41.1 Å². The SMILES string of the molecule is Cc1cnc(NC(=O)CC[C@@H]2C(=C\O)/C(=N\O)[C@@]3(C)CCC4c5ccc(O)c(Br)c5CCC4C23)s1. The van der Waals surface area contributed by atoms with E-state index in [2.05, 4.69) is 38.3 Å². The number of fused-ring (bicyclic) bond motifs is 5. The minimum absolute atomic E-state index is 0.0883. The zero-order valence-corrected chi connectivity index (χ0v) is 22.2. The molecule has 4 N–H and O–H groups in total. The van der Waals surface area contributed by atoms with Crippen LogP contribution >= 0.6 is 27.3 Å². The molecule has 2 aromatic rings. The average Bonchev–Trinajstić information content (AvgIpc) is 3.36. The molecule has 186 valence electrons. The van der Waals surface area contributed by atoms with Gasteiger partial charge in [0.15, 0.2) is 5.13 Å². The minimum Gasteiger partial charge on any atom is -0.515 e. The summed E-state index contributed by atoms with van der Waals surface area (Å²) in [6, 6.07) is 3.81. The maximum absolute atomic E-state index is 12.7. The molecule has 3 unspecified atom stereocenters. The van der Waals surface area contributed by atoms with Gasteiger partial charge in [0, 0.05) is 28.5 Å². The third kappa shape index (κ3) is 3.96. The number of hydrogen-bond donors (Lipinski definition) is 4. The molecule has 5 atom stereocenters. The third-order valence-electron chi connectivity index (χ3n) is 8.51. The molecule has 0 bridgehead atoms. The molecule has 0 radical (unpaired) electrons. The molecule has 0 spiro atoms. The van der Waals surface area contributed by atoms with Crippen molar-refractivity contribution in [2.24, 2.45) is 28.3 Å². The number of aryl methyl sites for hydroxylation is 1. The molecule has 1 aromatic heterocycles. The molecule has 5 rings (SSSR count). The molecule has 2 saturated carbocycles. The van der Waals surface area contributed by atoms with E-state index < -0.39 is 0 Å². The van der Waals surface area contributed by atoms with Crippen molar-refractivity contribution in [1.82, 2.24) is 4.98 Å². The summed E-state index contributed by atoms with van der Waals surface area (Å²) >= 11 is 5.02. The van der Waals surface area contributed by atoms with E-state index in [1.165, 1.54) is 22.5 Å². The van der Waals surface area contributed by atoms with Crippen LogP contribution in [0.15, 0.2) is 39.8 Å². The van der Waals surface area contributed by atoms with E-state index in [1.807, 2.05) is 13.0 Å². The number of aliphatic hydroxyl groups excluding tert-OH is 1. The number of carbonyl (C=O) groups is 1. The molecule has 1 amide bonds. The predicted octanol–water partition coefficient (Wildman–Crippen LogP) is 6.30. The Morgan fingerprint density at radius 2 is 2.20 bits per heavy atom. The fraction of sp³-hybridized carbons (Fsp3) is 0.500. The van der Waals surface area contributed by atoms with E-state index in [-0.39, 0.29) is 28.9 Å². The van der Waals surface area contributed by atoms with Gasteiger partial charge in [0.1, 0.15) is 5.75 Å². The minimum atomic E-state index is -0.371. The summed E-state index contributed by atoms with van der Waals surface area (Å²) in [4.78, 5) is 18.0. The van der Waals surface area contributed by atoms with Gasteiger partial charge in [0.2, 0.25) is 5.91 Å². The zero-order valence-electron chi connectivity index (χ0n) is 19.8. The highest BCUT2D eigenvalue weighted by atomic mass is 79.9. The van der Waals surface area contributed by atoms with Gasteiger partial charge in [-0.1, -0.05) is 18.1 Å². The number of hydrogen-bond acceptors (Lipinski definition) is 7. The second-order valence-corrected chi connectivity index (χ2v) is 12.3. The first kappa shape index (κ1) is 24.3. The van der Waals surface area contributed by atoms with Crippen LogP contribution in [0.5, 0.6) is 5.75 Å². The number of thiazole rings is 1. The lowest BCUT2D eigenvalue weighted by Crippen LogP contribution is -2.44. The summed E-state index contributed by atoms with van der Waals surface area (Å²) in [6.45, 7) is 4.09. The van der Waals surface area contributed by atoms with Gasteiger partial charge in [-0.2, -0.15) is 0 Å². The number of anilines is 1. The number of aromatic hydroxyl groups is 1. The van der Waals surface area contributed by atoms with Gasteiger partial charge in [0.25, 0.3) is 0 Å². The Morgan fingerprint density at radius 3 is 2.89 bits per heavy atom. The number of nitrogens with zero attached hydrogens (tertiary/aromatic N) is 2. The van der Waals surface area contributed by atoms with E-state index in [1.54, 1.807) is 12.3 Å². The number of amides is 1. The van der Waals surface area contributed by atoms with Crippen LogP contribution in [0.25, 0.3) is 0 Å². The molecule has 1 aromatic carbocycles. The molecule has 1 heterocycles. The van der Waals surface area contributed by atoms with Crippen molar-refractivity contribution < 1.29 is 20.2 Å². The number of benzene rings is 1. The van der Waals surface area contributed by atoms with E-state index in [0.717, 1.165) is 41.3 Å². The van der Waals surface area contributed by atoms with Crippen molar-refractivity contribution in [3.63, 3.8) is 0 Å². The normalized spacial score (nSPS) is 31.7. The molecule has 3 aliphatic carbocycles. The van der Waals surface area contributed by atoms with Gasteiger partial charge >= 0.3 is 0 Å². The van der Waals surface area contributed by atoms with Crippen molar-refractivity contribution in [3.05, 3.63) is 50.6 Å². The molecular weight excluding hydrogens is 530 g/mol. The van der Waals surface area contributed by atoms with Crippen LogP contribution in [0.1, 0.15) is 60.9 Å². The van der Waals surface area contributed by atoms with Crippen LogP contribution < -0.4 is 5.32 Å². The van der Waals surface area contributed by atoms with Gasteiger partial charge in [-0.05, 0) is 95.8 Å². The highest BCUT2D eigenvalue weighted by Crippen LogP contribution is 2.64. The Balaban J connectivity index is 1.45. The first-order valence-corrected chi connectivity index (χ1v) is 13.7. The summed E-state index contributed by atoms with van der Waals surface area (Å²) < 4.78 is 0.785. The van der Waals surface area contributed by atoms with Crippen LogP contribution in [0.4, 0.5) is 5.13 Å². The Bertz CT molecular complexity index is 1230. The lowest BCUT2D eigenvalue weighted by Gasteiger charge is -2.50. The second-order valence-electron chi connectivity index (χ2n) is 10.3. The van der Waals surface area contributed by atoms with Crippen LogP contribution in [0, 0.1) is 30.1 Å². The second kappa shape index (κ2) is 9.24. The summed E-state index contributed by atoms with van der Waals surface area (Å²) in [5, 5.41) is 37.6. The third-order valence-corrected chi connectivity index (χ3v) is 10.2. The first-order valence-electron chi connectivity index (χ1n) is 12.1. The number of allylic oxidation sites excluding steroid dienone is 1. The quantitative estimate of drug-likeness (QED) is 0.199. The van der Waals surface area contributed by atoms with Crippen LogP contribution in [0.2, 0.25) is 0 Å². The van der Waals surface area contributed by atoms with Gasteiger partial charge in [0.05, 0.1) is 16.4 Å². The lowest BCUT2D eigenvalue weighted by atomic mass is 9.54. The maximum atomic E-state index is 12.7. The number of nitrogens with one attached hydrogen (secondary N) is 1. The monoisotopic (exact) mass is 559 g/mol. The van der Waals surface area contributed by atoms with Crippen molar-refractivity contribution >= 4 is 44.0 Å². The zero-order chi connectivity index (χ0) is 24.9. The maximum Gasteiger partial charge on any atom is 0.226 e. The lowest BCUT2D eigenvalue weighted by molar-refractivity contribution is -0.116. The van der Waals surface area contributed by atoms with Gasteiger partial charge in [-0.15, -0.1) is 11.3 Å². The number of rotatable bonds is 4. The van der Waals surface area contributed by atoms with Crippen LogP contribution in [-0.4, -0.2) is 32.0 Å². The molecule has 3 aliphatic rings. The number of aliphatic hydroxyl groups is 1. The fourth-order valence-corrected chi connectivity index (χ4v) is 8.36. The highest BCUT2D eigenvalue weighted by Gasteiger charge is 2.60. The van der Waals surface area contributed by atoms with Crippen molar-refractivity contribution in [3.8, 4) is 5.75 Å². The van der Waals surface area contributed by atoms with Gasteiger partial charge in [-0.25, -0.2) is 4.98 Å². The molecule has 0 saturated heterocycles. The fourth-order valence-electron chi connectivity index (χ4n) is 7.12. The number of phenolic OH excluding ortho intramolecular Hbond substituents is 1. The van der Waals surface area contributed by atoms with E-state index in [4.69, 9.17) is 0 Å². The van der Waals surface area contributed by atoms with Gasteiger partial charge < -0.3 is 20.7 Å². The molecule has 0 aliphatic heterocycles. The van der Waals surface area contributed by atoms with Crippen molar-refractivity contribution in [2.75, 3.05) is 5.32 Å². The smallest absolute Gasteiger partial charge is 0.226 e. The van der Waals surface area contributed by atoms with E-state index >= 15 is 0 Å². The predicted molar refractivity (Wildman–Crippen MR) is 139 cm³/mol. The van der Waals surface area contributed by atoms with Crippen LogP contribution in [0.3, 0.4) is 0 Å². The Morgan fingerprint density at radius 1 is 1.40 bits per heavy atom. The molecule has 35 heavy (non-hydrogen) atoms. The Labute approximate surface area is 217 Å². The van der Waals surface area contributed by atoms with Gasteiger partial charge in [-0.3, -0.25) is 4.79 Å². The number of aromatic nitrogens is 1. The standard InChI is InChI=1S/C26H30BrN3O4S/c1-13-11-28-25(35-13)29-21(33)8-6-17-19(12-31)24(30-34)26(2)10-9-15-14-5-7-20(32)23(27)18(14)4-3-16(15)22(17)26/h5,7,11-12,15-17,22,31-32,34H,3-4,6,8-10H2,1-2H3,(H,28,29,33)/b19-12+,30-24+/t15?,16?,17-,22?,26+/m1/s1. The number of phenols is 1. The highest BCUT2D eigenvalue weighted by molar-refractivity contribution is 9.10. The Kier molecular flexibility index (Phi) is 6.42. The average molecular weight is 561 g/mol. The summed E-state index contributed by atoms with van der Waals surface area (Å²) in [7, 11) is 0. The number of carbonyl (C=O) groups excluding carboxylic acids is 1. The summed E-state index contributed by atoms with van der Waals surface area (Å²) in [6.07, 6.45) is 7.23. The van der Waals surface area contributed by atoms with Crippen molar-refractivity contribution in [2.45, 2.75) is 58.3 Å². The first-order chi connectivity index (χ1) is 16.8. The topological polar surface area (TPSA) is 115 Å².